The lowest BCUT2D eigenvalue weighted by atomic mass is 10.2. The molecule has 2 rings (SSSR count). The van der Waals surface area contributed by atoms with Gasteiger partial charge in [-0.3, -0.25) is 0 Å². The van der Waals surface area contributed by atoms with Crippen molar-refractivity contribution in [1.82, 2.24) is 5.06 Å². The molecule has 2 heteroatoms. The molecule has 0 N–H and O–H groups in total. The van der Waals surface area contributed by atoms with Gasteiger partial charge in [-0.25, -0.2) is 0 Å². The highest BCUT2D eigenvalue weighted by atomic mass is 16.7. The van der Waals surface area contributed by atoms with Gasteiger partial charge in [0.25, 0.3) is 0 Å². The molecule has 1 unspecified atom stereocenters. The first-order chi connectivity index (χ1) is 8.29. The standard InChI is InChI=1S/C15H21NO/c1-3-4-10-15-11-13(2)16(17-15)12-14-8-6-5-7-9-14/h5-9,11,13H,3-4,10,12H2,1-2H3. The molecular formula is C15H21NO. The maximum Gasteiger partial charge on any atom is 0.122 e. The summed E-state index contributed by atoms with van der Waals surface area (Å²) in [4.78, 5) is 5.87. The molecule has 2 nitrogen and oxygen atoms in total. The monoisotopic (exact) mass is 231 g/mol. The Labute approximate surface area is 104 Å². The minimum atomic E-state index is 0.377. The van der Waals surface area contributed by atoms with E-state index in [0.717, 1.165) is 18.7 Å². The van der Waals surface area contributed by atoms with Crippen LogP contribution in [0, 0.1) is 0 Å². The van der Waals surface area contributed by atoms with Crippen molar-refractivity contribution in [2.24, 2.45) is 0 Å². The zero-order valence-electron chi connectivity index (χ0n) is 10.7. The summed E-state index contributed by atoms with van der Waals surface area (Å²) in [6.45, 7) is 5.25. The van der Waals surface area contributed by atoms with Gasteiger partial charge in [0.05, 0.1) is 12.6 Å². The van der Waals surface area contributed by atoms with Crippen LogP contribution in [0.4, 0.5) is 0 Å². The molecule has 1 aromatic rings. The highest BCUT2D eigenvalue weighted by Gasteiger charge is 2.22. The maximum absolute atomic E-state index is 5.87. The summed E-state index contributed by atoms with van der Waals surface area (Å²) in [7, 11) is 0. The van der Waals surface area contributed by atoms with Crippen LogP contribution in [-0.2, 0) is 11.4 Å². The molecule has 92 valence electrons. The average Bonchev–Trinajstić information content (AvgIpc) is 2.69. The first-order valence-corrected chi connectivity index (χ1v) is 6.49. The van der Waals surface area contributed by atoms with Gasteiger partial charge in [-0.2, -0.15) is 0 Å². The van der Waals surface area contributed by atoms with Crippen molar-refractivity contribution in [3.8, 4) is 0 Å². The van der Waals surface area contributed by atoms with Crippen molar-refractivity contribution >= 4 is 0 Å². The van der Waals surface area contributed by atoms with Crippen molar-refractivity contribution in [3.63, 3.8) is 0 Å². The number of hydrogen-bond acceptors (Lipinski definition) is 2. The highest BCUT2D eigenvalue weighted by molar-refractivity contribution is 5.15. The van der Waals surface area contributed by atoms with Crippen molar-refractivity contribution in [2.45, 2.75) is 45.7 Å². The van der Waals surface area contributed by atoms with Crippen LogP contribution in [0.1, 0.15) is 38.7 Å². The Kier molecular flexibility index (Phi) is 4.21. The Morgan fingerprint density at radius 2 is 2.00 bits per heavy atom. The van der Waals surface area contributed by atoms with Gasteiger partial charge < -0.3 is 4.84 Å². The van der Waals surface area contributed by atoms with E-state index in [1.165, 1.54) is 18.4 Å². The Balaban J connectivity index is 1.89. The maximum atomic E-state index is 5.87. The predicted molar refractivity (Wildman–Crippen MR) is 70.1 cm³/mol. The van der Waals surface area contributed by atoms with Crippen molar-refractivity contribution < 1.29 is 4.84 Å². The molecule has 1 aromatic carbocycles. The number of rotatable bonds is 5. The second-order valence-corrected chi connectivity index (χ2v) is 4.63. The topological polar surface area (TPSA) is 12.5 Å². The van der Waals surface area contributed by atoms with Gasteiger partial charge in [0, 0.05) is 6.42 Å². The summed E-state index contributed by atoms with van der Waals surface area (Å²) in [6, 6.07) is 10.8. The van der Waals surface area contributed by atoms with Crippen LogP contribution in [0.15, 0.2) is 42.2 Å². The van der Waals surface area contributed by atoms with Crippen LogP contribution < -0.4 is 0 Å². The van der Waals surface area contributed by atoms with Crippen molar-refractivity contribution in [1.29, 1.82) is 0 Å². The molecule has 0 spiro atoms. The number of benzene rings is 1. The Bertz CT molecular complexity index is 372. The van der Waals surface area contributed by atoms with Crippen LogP contribution in [-0.4, -0.2) is 11.1 Å². The molecule has 0 saturated carbocycles. The van der Waals surface area contributed by atoms with Gasteiger partial charge in [-0.1, -0.05) is 43.7 Å². The van der Waals surface area contributed by atoms with Gasteiger partial charge in [0.15, 0.2) is 0 Å². The molecule has 0 radical (unpaired) electrons. The lowest BCUT2D eigenvalue weighted by molar-refractivity contribution is -0.124. The zero-order chi connectivity index (χ0) is 12.1. The third-order valence-corrected chi connectivity index (χ3v) is 3.07. The van der Waals surface area contributed by atoms with Gasteiger partial charge in [0.1, 0.15) is 5.76 Å². The number of allylic oxidation sites excluding steroid dienone is 1. The number of unbranched alkanes of at least 4 members (excludes halogenated alkanes) is 1. The van der Waals surface area contributed by atoms with E-state index in [1.54, 1.807) is 0 Å². The molecule has 0 saturated heterocycles. The second-order valence-electron chi connectivity index (χ2n) is 4.63. The number of hydroxylamine groups is 2. The second kappa shape index (κ2) is 5.87. The Morgan fingerprint density at radius 1 is 1.24 bits per heavy atom. The molecule has 0 bridgehead atoms. The van der Waals surface area contributed by atoms with E-state index in [1.807, 2.05) is 6.07 Å². The average molecular weight is 231 g/mol. The summed E-state index contributed by atoms with van der Waals surface area (Å²) >= 11 is 0. The summed E-state index contributed by atoms with van der Waals surface area (Å²) in [5.74, 6) is 1.13. The first-order valence-electron chi connectivity index (χ1n) is 6.49. The fraction of sp³-hybridized carbons (Fsp3) is 0.467. The van der Waals surface area contributed by atoms with Gasteiger partial charge in [-0.05, 0) is 25.0 Å². The first kappa shape index (κ1) is 12.2. The predicted octanol–water partition coefficient (Wildman–Crippen LogP) is 3.90. The molecule has 17 heavy (non-hydrogen) atoms. The molecule has 1 aliphatic heterocycles. The van der Waals surface area contributed by atoms with E-state index in [9.17, 15) is 0 Å². The van der Waals surface area contributed by atoms with Gasteiger partial charge in [0.2, 0.25) is 0 Å². The third kappa shape index (κ3) is 3.34. The molecule has 1 heterocycles. The quantitative estimate of drug-likeness (QED) is 0.762. The summed E-state index contributed by atoms with van der Waals surface area (Å²) < 4.78 is 0. The zero-order valence-corrected chi connectivity index (χ0v) is 10.7. The normalized spacial score (nSPS) is 20.1. The Hall–Kier alpha value is -1.28. The van der Waals surface area contributed by atoms with E-state index in [-0.39, 0.29) is 0 Å². The minimum absolute atomic E-state index is 0.377. The van der Waals surface area contributed by atoms with E-state index in [2.05, 4.69) is 49.3 Å². The fourth-order valence-corrected chi connectivity index (χ4v) is 2.04. The molecule has 1 atom stereocenters. The molecular weight excluding hydrogens is 210 g/mol. The minimum Gasteiger partial charge on any atom is -0.410 e. The lowest BCUT2D eigenvalue weighted by Crippen LogP contribution is -2.25. The SMILES string of the molecule is CCCCC1=CC(C)N(Cc2ccccc2)O1. The van der Waals surface area contributed by atoms with Crippen LogP contribution in [0.2, 0.25) is 0 Å². The van der Waals surface area contributed by atoms with E-state index in [0.29, 0.717) is 6.04 Å². The Morgan fingerprint density at radius 3 is 2.71 bits per heavy atom. The van der Waals surface area contributed by atoms with Gasteiger partial charge in [-0.15, -0.1) is 5.06 Å². The highest BCUT2D eigenvalue weighted by Crippen LogP contribution is 2.23. The summed E-state index contributed by atoms with van der Waals surface area (Å²) in [5.41, 5.74) is 1.30. The molecule has 0 fully saturated rings. The molecule has 0 amide bonds. The van der Waals surface area contributed by atoms with Gasteiger partial charge >= 0.3 is 0 Å². The molecule has 1 aliphatic rings. The van der Waals surface area contributed by atoms with Crippen LogP contribution >= 0.6 is 0 Å². The summed E-state index contributed by atoms with van der Waals surface area (Å²) in [5, 5.41) is 2.06. The van der Waals surface area contributed by atoms with E-state index < -0.39 is 0 Å². The fourth-order valence-electron chi connectivity index (χ4n) is 2.04. The number of nitrogens with zero attached hydrogens (tertiary/aromatic N) is 1. The number of hydrogen-bond donors (Lipinski definition) is 0. The van der Waals surface area contributed by atoms with Crippen molar-refractivity contribution in [2.75, 3.05) is 0 Å². The smallest absolute Gasteiger partial charge is 0.122 e. The molecule has 0 aliphatic carbocycles. The van der Waals surface area contributed by atoms with Crippen LogP contribution in [0.25, 0.3) is 0 Å². The van der Waals surface area contributed by atoms with Crippen LogP contribution in [0.5, 0.6) is 0 Å². The largest absolute Gasteiger partial charge is 0.410 e. The van der Waals surface area contributed by atoms with Crippen LogP contribution in [0.3, 0.4) is 0 Å². The van der Waals surface area contributed by atoms with E-state index >= 15 is 0 Å². The summed E-state index contributed by atoms with van der Waals surface area (Å²) in [6.07, 6.45) is 5.72. The third-order valence-electron chi connectivity index (χ3n) is 3.07. The van der Waals surface area contributed by atoms with Crippen molar-refractivity contribution in [3.05, 3.63) is 47.7 Å². The van der Waals surface area contributed by atoms with E-state index in [4.69, 9.17) is 4.84 Å². The molecule has 0 aromatic heterocycles. The lowest BCUT2D eigenvalue weighted by Gasteiger charge is -2.20.